The summed E-state index contributed by atoms with van der Waals surface area (Å²) < 4.78 is 4.75. The second kappa shape index (κ2) is 5.84. The van der Waals surface area contributed by atoms with Crippen LogP contribution in [-0.2, 0) is 9.53 Å². The summed E-state index contributed by atoms with van der Waals surface area (Å²) in [5.74, 6) is -0.584. The van der Waals surface area contributed by atoms with Crippen LogP contribution >= 0.6 is 0 Å². The molecule has 1 rings (SSSR count). The highest BCUT2D eigenvalue weighted by atomic mass is 16.6. The Kier molecular flexibility index (Phi) is 4.43. The van der Waals surface area contributed by atoms with Crippen LogP contribution < -0.4 is 0 Å². The van der Waals surface area contributed by atoms with Crippen molar-refractivity contribution in [3.8, 4) is 0 Å². The second-order valence-electron chi connectivity index (χ2n) is 3.20. The molecule has 1 aromatic heterocycles. The molecule has 0 fully saturated rings. The van der Waals surface area contributed by atoms with Crippen LogP contribution in [0.3, 0.4) is 0 Å². The van der Waals surface area contributed by atoms with Crippen LogP contribution in [0.15, 0.2) is 12.4 Å². The summed E-state index contributed by atoms with van der Waals surface area (Å²) in [4.78, 5) is 27.9. The lowest BCUT2D eigenvalue weighted by Crippen LogP contribution is -2.19. The third kappa shape index (κ3) is 3.68. The number of esters is 1. The van der Waals surface area contributed by atoms with Crippen molar-refractivity contribution in [2.45, 2.75) is 19.3 Å². The van der Waals surface area contributed by atoms with Crippen molar-refractivity contribution < 1.29 is 14.5 Å². The first-order valence-electron chi connectivity index (χ1n) is 4.90. The molecule has 0 saturated heterocycles. The molecule has 0 radical (unpaired) electrons. The van der Waals surface area contributed by atoms with Crippen molar-refractivity contribution in [3.63, 3.8) is 0 Å². The zero-order chi connectivity index (χ0) is 12.0. The molecule has 1 atom stereocenters. The minimum Gasteiger partial charge on any atom is -0.466 e. The van der Waals surface area contributed by atoms with Gasteiger partial charge < -0.3 is 9.72 Å². The summed E-state index contributed by atoms with van der Waals surface area (Å²) in [5, 5.41) is 10.5. The number of aromatic nitrogens is 2. The summed E-state index contributed by atoms with van der Waals surface area (Å²) in [5.41, 5.74) is 0. The van der Waals surface area contributed by atoms with Crippen LogP contribution in [-0.4, -0.2) is 34.0 Å². The van der Waals surface area contributed by atoms with Crippen LogP contribution in [0.1, 0.15) is 25.1 Å². The molecule has 0 aliphatic heterocycles. The van der Waals surface area contributed by atoms with Gasteiger partial charge in [0, 0.05) is 17.3 Å². The molecule has 0 spiro atoms. The number of H-pyrrole nitrogens is 1. The van der Waals surface area contributed by atoms with Gasteiger partial charge >= 0.3 is 5.97 Å². The van der Waals surface area contributed by atoms with Gasteiger partial charge in [0.15, 0.2) is 0 Å². The normalized spacial score (nSPS) is 12.1. The van der Waals surface area contributed by atoms with E-state index in [0.717, 1.165) is 0 Å². The van der Waals surface area contributed by atoms with Crippen molar-refractivity contribution in [2.24, 2.45) is 0 Å². The smallest absolute Gasteiger partial charge is 0.306 e. The molecule has 0 aliphatic carbocycles. The summed E-state index contributed by atoms with van der Waals surface area (Å²) in [7, 11) is 0. The fourth-order valence-electron chi connectivity index (χ4n) is 1.35. The first-order chi connectivity index (χ1) is 7.63. The molecule has 7 heteroatoms. The predicted octanol–water partition coefficient (Wildman–Crippen LogP) is 0.723. The van der Waals surface area contributed by atoms with Gasteiger partial charge in [-0.05, 0) is 6.92 Å². The van der Waals surface area contributed by atoms with Crippen LogP contribution in [0, 0.1) is 10.1 Å². The minimum absolute atomic E-state index is 0.0394. The van der Waals surface area contributed by atoms with Gasteiger partial charge in [0.1, 0.15) is 5.82 Å². The molecule has 0 amide bonds. The van der Waals surface area contributed by atoms with E-state index in [9.17, 15) is 14.9 Å². The van der Waals surface area contributed by atoms with E-state index in [1.807, 2.05) is 0 Å². The van der Waals surface area contributed by atoms with Gasteiger partial charge in [0.25, 0.3) is 0 Å². The number of aromatic amines is 1. The molecule has 0 bridgehead atoms. The molecule has 0 aliphatic rings. The van der Waals surface area contributed by atoms with Gasteiger partial charge in [-0.15, -0.1) is 0 Å². The number of carbonyl (C=O) groups is 1. The van der Waals surface area contributed by atoms with E-state index in [0.29, 0.717) is 5.82 Å². The third-order valence-electron chi connectivity index (χ3n) is 1.99. The standard InChI is InChI=1S/C9H13N3O4/c1-2-16-8(13)5-7(6-12(14)15)9-10-3-4-11-9/h3-4,7H,2,5-6H2,1H3,(H,10,11). The Morgan fingerprint density at radius 2 is 2.50 bits per heavy atom. The lowest BCUT2D eigenvalue weighted by atomic mass is 10.1. The zero-order valence-corrected chi connectivity index (χ0v) is 8.88. The highest BCUT2D eigenvalue weighted by molar-refractivity contribution is 5.70. The Morgan fingerprint density at radius 3 is 3.00 bits per heavy atom. The molecule has 7 nitrogen and oxygen atoms in total. The maximum atomic E-state index is 11.2. The van der Waals surface area contributed by atoms with Gasteiger partial charge in [-0.25, -0.2) is 4.98 Å². The molecular formula is C9H13N3O4. The summed E-state index contributed by atoms with van der Waals surface area (Å²) in [6, 6.07) is 0. The number of ether oxygens (including phenoxy) is 1. The molecule has 88 valence electrons. The average Bonchev–Trinajstić information content (AvgIpc) is 2.68. The topological polar surface area (TPSA) is 98.1 Å². The highest BCUT2D eigenvalue weighted by Crippen LogP contribution is 2.16. The Bertz CT molecular complexity index is 350. The van der Waals surface area contributed by atoms with E-state index in [2.05, 4.69) is 9.97 Å². The number of hydrogen-bond donors (Lipinski definition) is 1. The van der Waals surface area contributed by atoms with Crippen molar-refractivity contribution in [3.05, 3.63) is 28.3 Å². The molecule has 0 saturated carbocycles. The molecule has 1 heterocycles. The van der Waals surface area contributed by atoms with Crippen molar-refractivity contribution in [2.75, 3.05) is 13.2 Å². The maximum absolute atomic E-state index is 11.2. The van der Waals surface area contributed by atoms with E-state index in [1.165, 1.54) is 6.20 Å². The monoisotopic (exact) mass is 227 g/mol. The number of hydrogen-bond acceptors (Lipinski definition) is 5. The fourth-order valence-corrected chi connectivity index (χ4v) is 1.35. The van der Waals surface area contributed by atoms with E-state index >= 15 is 0 Å². The van der Waals surface area contributed by atoms with Gasteiger partial charge in [-0.1, -0.05) is 0 Å². The number of nitro groups is 1. The minimum atomic E-state index is -0.566. The Hall–Kier alpha value is -1.92. The molecule has 1 N–H and O–H groups in total. The van der Waals surface area contributed by atoms with Crippen molar-refractivity contribution in [1.29, 1.82) is 0 Å². The first-order valence-corrected chi connectivity index (χ1v) is 4.90. The maximum Gasteiger partial charge on any atom is 0.306 e. The number of carbonyl (C=O) groups excluding carboxylic acids is 1. The van der Waals surface area contributed by atoms with Crippen LogP contribution in [0.5, 0.6) is 0 Å². The lowest BCUT2D eigenvalue weighted by molar-refractivity contribution is -0.483. The third-order valence-corrected chi connectivity index (χ3v) is 1.99. The van der Waals surface area contributed by atoms with E-state index < -0.39 is 16.8 Å². The second-order valence-corrected chi connectivity index (χ2v) is 3.20. The largest absolute Gasteiger partial charge is 0.466 e. The van der Waals surface area contributed by atoms with Crippen molar-refractivity contribution >= 4 is 5.97 Å². The molecule has 1 unspecified atom stereocenters. The number of rotatable bonds is 6. The van der Waals surface area contributed by atoms with E-state index in [1.54, 1.807) is 13.1 Å². The van der Waals surface area contributed by atoms with Crippen molar-refractivity contribution in [1.82, 2.24) is 9.97 Å². The first kappa shape index (κ1) is 12.2. The highest BCUT2D eigenvalue weighted by Gasteiger charge is 2.24. The zero-order valence-electron chi connectivity index (χ0n) is 8.88. The SMILES string of the molecule is CCOC(=O)CC(C[N+](=O)[O-])c1ncc[nH]1. The van der Waals surface area contributed by atoms with Gasteiger partial charge in [-0.2, -0.15) is 0 Å². The molecule has 16 heavy (non-hydrogen) atoms. The number of nitrogens with one attached hydrogen (secondary N) is 1. The lowest BCUT2D eigenvalue weighted by Gasteiger charge is -2.09. The number of imidazole rings is 1. The fraction of sp³-hybridized carbons (Fsp3) is 0.556. The van der Waals surface area contributed by atoms with Gasteiger partial charge in [-0.3, -0.25) is 14.9 Å². The Labute approximate surface area is 92.0 Å². The molecular weight excluding hydrogens is 214 g/mol. The predicted molar refractivity (Wildman–Crippen MR) is 54.4 cm³/mol. The quantitative estimate of drug-likeness (QED) is 0.438. The summed E-state index contributed by atoms with van der Waals surface area (Å²) >= 11 is 0. The Morgan fingerprint density at radius 1 is 1.75 bits per heavy atom. The molecule has 0 aromatic carbocycles. The van der Waals surface area contributed by atoms with E-state index in [-0.39, 0.29) is 19.6 Å². The van der Waals surface area contributed by atoms with Crippen LogP contribution in [0.4, 0.5) is 0 Å². The number of nitrogens with zero attached hydrogens (tertiary/aromatic N) is 2. The average molecular weight is 227 g/mol. The van der Waals surface area contributed by atoms with E-state index in [4.69, 9.17) is 4.74 Å². The van der Waals surface area contributed by atoms with Crippen LogP contribution in [0.25, 0.3) is 0 Å². The summed E-state index contributed by atoms with van der Waals surface area (Å²) in [6.45, 7) is 1.61. The Balaban J connectivity index is 2.65. The van der Waals surface area contributed by atoms with Crippen LogP contribution in [0.2, 0.25) is 0 Å². The van der Waals surface area contributed by atoms with Gasteiger partial charge in [0.2, 0.25) is 6.54 Å². The van der Waals surface area contributed by atoms with Gasteiger partial charge in [0.05, 0.1) is 18.9 Å². The summed E-state index contributed by atoms with van der Waals surface area (Å²) in [6.07, 6.45) is 3.02. The molecule has 1 aromatic rings.